The van der Waals surface area contributed by atoms with Crippen molar-refractivity contribution in [3.05, 3.63) is 35.3 Å². The van der Waals surface area contributed by atoms with E-state index < -0.39 is 69.8 Å². The number of hydrogen-bond donors (Lipinski definition) is 0. The number of nitriles is 1. The van der Waals surface area contributed by atoms with Gasteiger partial charge in [0.15, 0.2) is 11.5 Å². The van der Waals surface area contributed by atoms with Gasteiger partial charge in [-0.05, 0) is 24.2 Å². The molecule has 0 aliphatic carbocycles. The highest BCUT2D eigenvalue weighted by molar-refractivity contribution is 7.91. The van der Waals surface area contributed by atoms with Gasteiger partial charge in [-0.3, -0.25) is 0 Å². The van der Waals surface area contributed by atoms with E-state index in [0.29, 0.717) is 22.9 Å². The Morgan fingerprint density at radius 3 is 2.26 bits per heavy atom. The molecule has 0 bridgehead atoms. The molecule has 0 saturated heterocycles. The van der Waals surface area contributed by atoms with Crippen molar-refractivity contribution in [1.29, 1.82) is 5.26 Å². The molecule has 0 aliphatic heterocycles. The molecule has 5 nitrogen and oxygen atoms in total. The molecule has 31 heavy (non-hydrogen) atoms. The van der Waals surface area contributed by atoms with Crippen molar-refractivity contribution in [2.45, 2.75) is 30.1 Å². The summed E-state index contributed by atoms with van der Waals surface area (Å²) in [4.78, 5) is -0.445. The van der Waals surface area contributed by atoms with Crippen LogP contribution in [0.25, 0.3) is 5.69 Å². The number of aryl methyl sites for hydroxylation is 1. The van der Waals surface area contributed by atoms with Gasteiger partial charge in [-0.1, -0.05) is 0 Å². The summed E-state index contributed by atoms with van der Waals surface area (Å²) < 4.78 is 131. The molecule has 2 aromatic rings. The second-order valence-electron chi connectivity index (χ2n) is 6.06. The van der Waals surface area contributed by atoms with Crippen LogP contribution in [0.3, 0.4) is 0 Å². The third kappa shape index (κ3) is 5.76. The first kappa shape index (κ1) is 24.7. The maximum Gasteiger partial charge on any atom is 0.456 e. The maximum atomic E-state index is 14.4. The Morgan fingerprint density at radius 2 is 1.74 bits per heavy atom. The van der Waals surface area contributed by atoms with Gasteiger partial charge in [-0.2, -0.15) is 40.4 Å². The summed E-state index contributed by atoms with van der Waals surface area (Å²) in [5.41, 5.74) is -1.40. The average molecular weight is 479 g/mol. The standard InChI is InChI=1S/C16H10F9N3O2S/c1-8-2-10(17)11(4-12(8)31(29)7-15(20,21)22)28-9(5-26)3-13(27-28)30-6-14(18,19)16(23,24)25/h2-4H,6-7H2,1H3. The van der Waals surface area contributed by atoms with Crippen LogP contribution < -0.4 is 4.74 Å². The second-order valence-corrected chi connectivity index (χ2v) is 7.48. The summed E-state index contributed by atoms with van der Waals surface area (Å²) in [6.45, 7) is -1.01. The second kappa shape index (κ2) is 8.50. The molecule has 0 radical (unpaired) electrons. The highest BCUT2D eigenvalue weighted by atomic mass is 32.2. The lowest BCUT2D eigenvalue weighted by atomic mass is 10.2. The van der Waals surface area contributed by atoms with Gasteiger partial charge in [-0.25, -0.2) is 9.07 Å². The molecular weight excluding hydrogens is 469 g/mol. The van der Waals surface area contributed by atoms with E-state index in [1.54, 1.807) is 0 Å². The van der Waals surface area contributed by atoms with Crippen molar-refractivity contribution < 1.29 is 48.8 Å². The number of halogens is 9. The van der Waals surface area contributed by atoms with E-state index in [-0.39, 0.29) is 5.56 Å². The molecule has 170 valence electrons. The normalized spacial score (nSPS) is 13.7. The van der Waals surface area contributed by atoms with Crippen LogP contribution in [0.1, 0.15) is 11.3 Å². The Bertz CT molecular complexity index is 996. The Balaban J connectivity index is 2.42. The highest BCUT2D eigenvalue weighted by Crippen LogP contribution is 2.36. The molecule has 2 rings (SSSR count). The zero-order valence-corrected chi connectivity index (χ0v) is 15.9. The lowest BCUT2D eigenvalue weighted by molar-refractivity contribution is -0.290. The predicted octanol–water partition coefficient (Wildman–Crippen LogP) is 4.44. The topological polar surface area (TPSA) is 73.9 Å². The minimum atomic E-state index is -5.92. The minimum Gasteiger partial charge on any atom is -0.611 e. The van der Waals surface area contributed by atoms with Crippen molar-refractivity contribution in [2.75, 3.05) is 12.4 Å². The van der Waals surface area contributed by atoms with Crippen LogP contribution in [0.2, 0.25) is 0 Å². The van der Waals surface area contributed by atoms with E-state index in [4.69, 9.17) is 5.26 Å². The van der Waals surface area contributed by atoms with Crippen LogP contribution in [0.15, 0.2) is 23.1 Å². The monoisotopic (exact) mass is 479 g/mol. The number of hydrogen-bond acceptors (Lipinski definition) is 4. The molecule has 15 heteroatoms. The highest BCUT2D eigenvalue weighted by Gasteiger charge is 2.58. The molecule has 0 N–H and O–H groups in total. The summed E-state index contributed by atoms with van der Waals surface area (Å²) in [5.74, 6) is -9.04. The van der Waals surface area contributed by atoms with Crippen molar-refractivity contribution in [3.63, 3.8) is 0 Å². The number of benzene rings is 1. The number of aromatic nitrogens is 2. The van der Waals surface area contributed by atoms with Crippen LogP contribution in [0.4, 0.5) is 39.5 Å². The summed E-state index contributed by atoms with van der Waals surface area (Å²) in [7, 11) is 0. The van der Waals surface area contributed by atoms with Gasteiger partial charge in [0.1, 0.15) is 23.3 Å². The Labute approximate surface area is 171 Å². The molecule has 1 aromatic carbocycles. The van der Waals surface area contributed by atoms with Gasteiger partial charge in [0.05, 0.1) is 0 Å². The first-order valence-corrected chi connectivity index (χ1v) is 9.21. The number of alkyl halides is 8. The van der Waals surface area contributed by atoms with E-state index in [2.05, 4.69) is 9.84 Å². The third-order valence-electron chi connectivity index (χ3n) is 3.63. The zero-order chi connectivity index (χ0) is 23.8. The fraction of sp³-hybridized carbons (Fsp3) is 0.375. The van der Waals surface area contributed by atoms with Crippen LogP contribution in [-0.4, -0.2) is 45.0 Å². The summed E-state index contributed by atoms with van der Waals surface area (Å²) in [6, 6.07) is 3.49. The van der Waals surface area contributed by atoms with Crippen molar-refractivity contribution in [1.82, 2.24) is 9.78 Å². The summed E-state index contributed by atoms with van der Waals surface area (Å²) in [6.07, 6.45) is -10.7. The van der Waals surface area contributed by atoms with Gasteiger partial charge < -0.3 is 9.29 Å². The number of ether oxygens (including phenoxy) is 1. The average Bonchev–Trinajstić information content (AvgIpc) is 3.00. The Kier molecular flexibility index (Phi) is 6.76. The van der Waals surface area contributed by atoms with Crippen LogP contribution in [0, 0.1) is 24.1 Å². The molecule has 0 saturated carbocycles. The molecule has 0 spiro atoms. The van der Waals surface area contributed by atoms with E-state index in [0.717, 1.165) is 0 Å². The SMILES string of the molecule is Cc1cc(F)c(-n2nc(OCC(F)(F)C(F)(F)F)cc2C#N)cc1[S+]([O-])CC(F)(F)F. The third-order valence-corrected chi connectivity index (χ3v) is 5.15. The fourth-order valence-electron chi connectivity index (χ4n) is 2.22. The van der Waals surface area contributed by atoms with Gasteiger partial charge in [0.2, 0.25) is 11.6 Å². The zero-order valence-electron chi connectivity index (χ0n) is 15.1. The van der Waals surface area contributed by atoms with Gasteiger partial charge in [0.25, 0.3) is 0 Å². The summed E-state index contributed by atoms with van der Waals surface area (Å²) in [5, 5.41) is 12.5. The smallest absolute Gasteiger partial charge is 0.456 e. The van der Waals surface area contributed by atoms with Gasteiger partial charge in [0, 0.05) is 17.7 Å². The molecule has 1 heterocycles. The minimum absolute atomic E-state index is 0.115. The van der Waals surface area contributed by atoms with Gasteiger partial charge in [-0.15, -0.1) is 5.10 Å². The van der Waals surface area contributed by atoms with E-state index >= 15 is 0 Å². The first-order chi connectivity index (χ1) is 14.1. The maximum absolute atomic E-state index is 14.4. The number of nitrogens with zero attached hydrogens (tertiary/aromatic N) is 3. The first-order valence-electron chi connectivity index (χ1n) is 7.89. The lowest BCUT2D eigenvalue weighted by Crippen LogP contribution is -2.41. The van der Waals surface area contributed by atoms with Crippen molar-refractivity contribution >= 4 is 11.2 Å². The van der Waals surface area contributed by atoms with Gasteiger partial charge >= 0.3 is 18.3 Å². The summed E-state index contributed by atoms with van der Waals surface area (Å²) >= 11 is -2.65. The molecular formula is C16H10F9N3O2S. The van der Waals surface area contributed by atoms with Crippen molar-refractivity contribution in [3.8, 4) is 17.6 Å². The van der Waals surface area contributed by atoms with Crippen LogP contribution in [-0.2, 0) is 11.2 Å². The van der Waals surface area contributed by atoms with Crippen LogP contribution in [0.5, 0.6) is 5.88 Å². The number of rotatable bonds is 6. The molecule has 1 aromatic heterocycles. The van der Waals surface area contributed by atoms with E-state index in [9.17, 15) is 44.1 Å². The van der Waals surface area contributed by atoms with E-state index in [1.165, 1.54) is 13.0 Å². The Morgan fingerprint density at radius 1 is 1.13 bits per heavy atom. The molecule has 1 atom stereocenters. The quantitative estimate of drug-likeness (QED) is 0.454. The van der Waals surface area contributed by atoms with Crippen LogP contribution >= 0.6 is 0 Å². The Hall–Kier alpha value is -2.60. The largest absolute Gasteiger partial charge is 0.611 e. The molecule has 0 fully saturated rings. The predicted molar refractivity (Wildman–Crippen MR) is 86.8 cm³/mol. The molecule has 1 unspecified atom stereocenters. The molecule has 0 aliphatic rings. The lowest BCUT2D eigenvalue weighted by Gasteiger charge is -2.18. The van der Waals surface area contributed by atoms with E-state index in [1.807, 2.05) is 0 Å². The molecule has 0 amide bonds. The fourth-order valence-corrected chi connectivity index (χ4v) is 3.33. The van der Waals surface area contributed by atoms with Crippen molar-refractivity contribution in [2.24, 2.45) is 0 Å².